The Morgan fingerprint density at radius 2 is 1.81 bits per heavy atom. The highest BCUT2D eigenvalue weighted by Gasteiger charge is 2.27. The smallest absolute Gasteiger partial charge is 0.130 e. The summed E-state index contributed by atoms with van der Waals surface area (Å²) in [7, 11) is 0. The minimum atomic E-state index is -0.526. The molecule has 0 bridgehead atoms. The molecule has 2 nitrogen and oxygen atoms in total. The average molecular weight is 296 g/mol. The van der Waals surface area contributed by atoms with Crippen molar-refractivity contribution in [1.29, 1.82) is 0 Å². The molecule has 118 valence electrons. The van der Waals surface area contributed by atoms with Crippen molar-refractivity contribution >= 4 is 0 Å². The van der Waals surface area contributed by atoms with Gasteiger partial charge in [0, 0.05) is 42.3 Å². The molecular formula is C17H26F2N2. The van der Waals surface area contributed by atoms with Crippen molar-refractivity contribution in [3.63, 3.8) is 0 Å². The molecule has 2 rings (SSSR count). The van der Waals surface area contributed by atoms with Gasteiger partial charge in [0.25, 0.3) is 0 Å². The first kappa shape index (κ1) is 16.4. The molecular weight excluding hydrogens is 270 g/mol. The van der Waals surface area contributed by atoms with Crippen LogP contribution in [0.2, 0.25) is 0 Å². The maximum atomic E-state index is 13.8. The Kier molecular flexibility index (Phi) is 4.99. The Balaban J connectivity index is 1.91. The van der Waals surface area contributed by atoms with E-state index >= 15 is 0 Å². The lowest BCUT2D eigenvalue weighted by molar-refractivity contribution is 0.0941. The van der Waals surface area contributed by atoms with E-state index in [0.717, 1.165) is 32.0 Å². The fourth-order valence-electron chi connectivity index (χ4n) is 3.01. The molecule has 0 amide bonds. The van der Waals surface area contributed by atoms with Crippen LogP contribution in [-0.4, -0.2) is 29.6 Å². The van der Waals surface area contributed by atoms with Crippen LogP contribution in [0.4, 0.5) is 8.78 Å². The van der Waals surface area contributed by atoms with E-state index in [-0.39, 0.29) is 11.6 Å². The summed E-state index contributed by atoms with van der Waals surface area (Å²) in [6.07, 6.45) is 2.12. The van der Waals surface area contributed by atoms with Gasteiger partial charge in [-0.15, -0.1) is 0 Å². The van der Waals surface area contributed by atoms with Crippen LogP contribution in [0.1, 0.15) is 52.1 Å². The zero-order chi connectivity index (χ0) is 15.6. The Bertz CT molecular complexity index is 474. The Morgan fingerprint density at radius 1 is 1.19 bits per heavy atom. The van der Waals surface area contributed by atoms with Crippen LogP contribution >= 0.6 is 0 Å². The highest BCUT2D eigenvalue weighted by Crippen LogP contribution is 2.23. The molecule has 1 saturated heterocycles. The van der Waals surface area contributed by atoms with Crippen molar-refractivity contribution in [3.8, 4) is 0 Å². The molecule has 1 aliphatic rings. The molecule has 0 aliphatic carbocycles. The first-order chi connectivity index (χ1) is 9.77. The third-order valence-electron chi connectivity index (χ3n) is 4.36. The number of nitrogens with zero attached hydrogens (tertiary/aromatic N) is 1. The van der Waals surface area contributed by atoms with E-state index in [9.17, 15) is 8.78 Å². The van der Waals surface area contributed by atoms with Crippen molar-refractivity contribution in [1.82, 2.24) is 10.2 Å². The van der Waals surface area contributed by atoms with Crippen molar-refractivity contribution in [2.24, 2.45) is 0 Å². The number of halogens is 2. The lowest BCUT2D eigenvalue weighted by Crippen LogP contribution is -2.50. The summed E-state index contributed by atoms with van der Waals surface area (Å²) >= 11 is 0. The molecule has 0 spiro atoms. The Labute approximate surface area is 126 Å². The number of rotatable bonds is 3. The number of benzene rings is 1. The molecule has 21 heavy (non-hydrogen) atoms. The number of hydrogen-bond acceptors (Lipinski definition) is 2. The van der Waals surface area contributed by atoms with Gasteiger partial charge in [0.05, 0.1) is 0 Å². The van der Waals surface area contributed by atoms with Crippen LogP contribution in [0.25, 0.3) is 0 Å². The molecule has 1 aromatic carbocycles. The second-order valence-electron chi connectivity index (χ2n) is 6.99. The van der Waals surface area contributed by atoms with Crippen molar-refractivity contribution in [3.05, 3.63) is 35.4 Å². The summed E-state index contributed by atoms with van der Waals surface area (Å²) in [5.74, 6) is -0.996. The molecule has 1 unspecified atom stereocenters. The van der Waals surface area contributed by atoms with Gasteiger partial charge < -0.3 is 5.32 Å². The third kappa shape index (κ3) is 4.24. The van der Waals surface area contributed by atoms with Crippen molar-refractivity contribution in [2.75, 3.05) is 13.1 Å². The summed E-state index contributed by atoms with van der Waals surface area (Å²) < 4.78 is 26.7. The average Bonchev–Trinajstić information content (AvgIpc) is 2.38. The van der Waals surface area contributed by atoms with Gasteiger partial charge in [0.15, 0.2) is 0 Å². The maximum Gasteiger partial charge on any atom is 0.130 e. The number of hydrogen-bond donors (Lipinski definition) is 1. The van der Waals surface area contributed by atoms with E-state index in [1.54, 1.807) is 0 Å². The SMILES string of the molecule is CC(NC1CCN(C(C)(C)C)CC1)c1ccc(F)cc1F. The van der Waals surface area contributed by atoms with Gasteiger partial charge in [0.1, 0.15) is 11.6 Å². The predicted molar refractivity (Wildman–Crippen MR) is 82.3 cm³/mol. The zero-order valence-corrected chi connectivity index (χ0v) is 13.4. The molecule has 1 heterocycles. The fraction of sp³-hybridized carbons (Fsp3) is 0.647. The molecule has 1 atom stereocenters. The second-order valence-corrected chi connectivity index (χ2v) is 6.99. The van der Waals surface area contributed by atoms with Gasteiger partial charge in [-0.05, 0) is 46.6 Å². The summed E-state index contributed by atoms with van der Waals surface area (Å²) in [6.45, 7) is 10.7. The van der Waals surface area contributed by atoms with E-state index in [0.29, 0.717) is 11.6 Å². The number of piperidine rings is 1. The maximum absolute atomic E-state index is 13.8. The minimum Gasteiger partial charge on any atom is -0.307 e. The largest absolute Gasteiger partial charge is 0.307 e. The molecule has 0 saturated carbocycles. The van der Waals surface area contributed by atoms with Crippen LogP contribution < -0.4 is 5.32 Å². The lowest BCUT2D eigenvalue weighted by Gasteiger charge is -2.41. The molecule has 1 fully saturated rings. The van der Waals surface area contributed by atoms with Gasteiger partial charge in [-0.2, -0.15) is 0 Å². The van der Waals surface area contributed by atoms with E-state index < -0.39 is 11.6 Å². The lowest BCUT2D eigenvalue weighted by atomic mass is 9.97. The van der Waals surface area contributed by atoms with Crippen LogP contribution in [0.15, 0.2) is 18.2 Å². The molecule has 4 heteroatoms. The number of nitrogens with one attached hydrogen (secondary N) is 1. The van der Waals surface area contributed by atoms with Crippen LogP contribution in [0.3, 0.4) is 0 Å². The highest BCUT2D eigenvalue weighted by molar-refractivity contribution is 5.21. The minimum absolute atomic E-state index is 0.100. The van der Waals surface area contributed by atoms with Gasteiger partial charge in [0.2, 0.25) is 0 Å². The van der Waals surface area contributed by atoms with Crippen molar-refractivity contribution < 1.29 is 8.78 Å². The van der Waals surface area contributed by atoms with Gasteiger partial charge >= 0.3 is 0 Å². The molecule has 0 radical (unpaired) electrons. The number of likely N-dealkylation sites (tertiary alicyclic amines) is 1. The van der Waals surface area contributed by atoms with E-state index in [2.05, 4.69) is 31.0 Å². The van der Waals surface area contributed by atoms with Crippen LogP contribution in [0, 0.1) is 11.6 Å². The first-order valence-electron chi connectivity index (χ1n) is 7.73. The van der Waals surface area contributed by atoms with Gasteiger partial charge in [-0.3, -0.25) is 4.90 Å². The molecule has 1 N–H and O–H groups in total. The summed E-state index contributed by atoms with van der Waals surface area (Å²) in [4.78, 5) is 2.48. The molecule has 1 aliphatic heterocycles. The molecule has 0 aromatic heterocycles. The third-order valence-corrected chi connectivity index (χ3v) is 4.36. The van der Waals surface area contributed by atoms with Crippen LogP contribution in [-0.2, 0) is 0 Å². The molecule has 1 aromatic rings. The summed E-state index contributed by atoms with van der Waals surface area (Å²) in [5.41, 5.74) is 0.745. The Morgan fingerprint density at radius 3 is 2.33 bits per heavy atom. The monoisotopic (exact) mass is 296 g/mol. The zero-order valence-electron chi connectivity index (χ0n) is 13.4. The van der Waals surface area contributed by atoms with Gasteiger partial charge in [-0.25, -0.2) is 8.78 Å². The van der Waals surface area contributed by atoms with E-state index in [1.165, 1.54) is 12.1 Å². The predicted octanol–water partition coefficient (Wildman–Crippen LogP) is 3.88. The topological polar surface area (TPSA) is 15.3 Å². The van der Waals surface area contributed by atoms with E-state index in [1.807, 2.05) is 6.92 Å². The van der Waals surface area contributed by atoms with E-state index in [4.69, 9.17) is 0 Å². The fourth-order valence-corrected chi connectivity index (χ4v) is 3.01. The normalized spacial score (nSPS) is 19.7. The first-order valence-corrected chi connectivity index (χ1v) is 7.73. The summed E-state index contributed by atoms with van der Waals surface area (Å²) in [6, 6.07) is 4.10. The highest BCUT2D eigenvalue weighted by atomic mass is 19.1. The standard InChI is InChI=1S/C17H26F2N2/c1-12(15-6-5-13(18)11-16(15)19)20-14-7-9-21(10-8-14)17(2,3)4/h5-6,11-12,14,20H,7-10H2,1-4H3. The van der Waals surface area contributed by atoms with Crippen molar-refractivity contribution in [2.45, 2.75) is 58.2 Å². The van der Waals surface area contributed by atoms with Gasteiger partial charge in [-0.1, -0.05) is 6.07 Å². The Hall–Kier alpha value is -1.00. The second kappa shape index (κ2) is 6.41. The van der Waals surface area contributed by atoms with Crippen LogP contribution in [0.5, 0.6) is 0 Å². The quantitative estimate of drug-likeness (QED) is 0.910. The summed E-state index contributed by atoms with van der Waals surface area (Å²) in [5, 5.41) is 3.48.